The van der Waals surface area contributed by atoms with Gasteiger partial charge in [0.15, 0.2) is 11.5 Å². The average Bonchev–Trinajstić information content (AvgIpc) is 2.81. The van der Waals surface area contributed by atoms with Gasteiger partial charge in [0, 0.05) is 6.42 Å². The zero-order valence-corrected chi connectivity index (χ0v) is 11.8. The third kappa shape index (κ3) is 2.81. The fourth-order valence-electron chi connectivity index (χ4n) is 2.97. The lowest BCUT2D eigenvalue weighted by Gasteiger charge is -2.27. The molecule has 19 heavy (non-hydrogen) atoms. The van der Waals surface area contributed by atoms with Gasteiger partial charge in [-0.05, 0) is 62.4 Å². The van der Waals surface area contributed by atoms with Crippen LogP contribution in [0.4, 0.5) is 0 Å². The maximum absolute atomic E-state index is 5.88. The lowest BCUT2D eigenvalue weighted by atomic mass is 9.85. The Hall–Kier alpha value is -1.35. The van der Waals surface area contributed by atoms with Crippen molar-refractivity contribution in [2.24, 2.45) is 11.8 Å². The van der Waals surface area contributed by atoms with Crippen LogP contribution in [0.3, 0.4) is 0 Å². The molecule has 102 valence electrons. The summed E-state index contributed by atoms with van der Waals surface area (Å²) in [5.41, 5.74) is 3.12. The summed E-state index contributed by atoms with van der Waals surface area (Å²) < 4.78 is 5.88. The molecule has 0 spiro atoms. The van der Waals surface area contributed by atoms with Gasteiger partial charge in [-0.25, -0.2) is 4.98 Å². The summed E-state index contributed by atoms with van der Waals surface area (Å²) in [6, 6.07) is 6.20. The number of piperidine rings is 1. The normalized spacial score (nSPS) is 21.7. The van der Waals surface area contributed by atoms with Crippen LogP contribution < -0.4 is 5.32 Å². The Balaban J connectivity index is 1.73. The monoisotopic (exact) mass is 258 g/mol. The van der Waals surface area contributed by atoms with Gasteiger partial charge in [-0.3, -0.25) is 0 Å². The van der Waals surface area contributed by atoms with Crippen LogP contribution in [0.5, 0.6) is 0 Å². The Kier molecular flexibility index (Phi) is 3.56. The number of hydrogen-bond acceptors (Lipinski definition) is 3. The average molecular weight is 258 g/mol. The van der Waals surface area contributed by atoms with Crippen molar-refractivity contribution >= 4 is 11.1 Å². The molecule has 2 atom stereocenters. The highest BCUT2D eigenvalue weighted by molar-refractivity contribution is 5.73. The summed E-state index contributed by atoms with van der Waals surface area (Å²) in [6.07, 6.45) is 3.56. The minimum Gasteiger partial charge on any atom is -0.441 e. The molecule has 3 rings (SSSR count). The van der Waals surface area contributed by atoms with E-state index in [9.17, 15) is 0 Å². The van der Waals surface area contributed by atoms with Crippen molar-refractivity contribution in [1.82, 2.24) is 10.3 Å². The van der Waals surface area contributed by atoms with E-state index in [1.165, 1.54) is 24.9 Å². The highest BCUT2D eigenvalue weighted by Gasteiger charge is 2.21. The highest BCUT2D eigenvalue weighted by atomic mass is 16.3. The first-order chi connectivity index (χ1) is 9.22. The van der Waals surface area contributed by atoms with E-state index in [-0.39, 0.29) is 0 Å². The van der Waals surface area contributed by atoms with Crippen LogP contribution in [0, 0.1) is 18.8 Å². The van der Waals surface area contributed by atoms with Crippen LogP contribution in [0.1, 0.15) is 31.2 Å². The predicted molar refractivity (Wildman–Crippen MR) is 77.2 cm³/mol. The van der Waals surface area contributed by atoms with Crippen molar-refractivity contribution in [3.63, 3.8) is 0 Å². The zero-order chi connectivity index (χ0) is 13.2. The standard InChI is InChI=1S/C16H22N2O/c1-11-5-6-14-15(8-11)19-16(18-14)9-12(2)13-4-3-7-17-10-13/h5-6,8,12-13,17H,3-4,7,9-10H2,1-2H3. The Morgan fingerprint density at radius 1 is 1.47 bits per heavy atom. The van der Waals surface area contributed by atoms with Crippen molar-refractivity contribution < 1.29 is 4.42 Å². The third-order valence-electron chi connectivity index (χ3n) is 4.22. The van der Waals surface area contributed by atoms with E-state index in [4.69, 9.17) is 4.42 Å². The second-order valence-electron chi connectivity index (χ2n) is 5.87. The summed E-state index contributed by atoms with van der Waals surface area (Å²) in [7, 11) is 0. The Labute approximate surface area is 114 Å². The first-order valence-electron chi connectivity index (χ1n) is 7.29. The molecule has 3 heteroatoms. The summed E-state index contributed by atoms with van der Waals surface area (Å²) in [5.74, 6) is 2.27. The maximum atomic E-state index is 5.88. The molecule has 2 unspecified atom stereocenters. The SMILES string of the molecule is Cc1ccc2nc(CC(C)C3CCCNC3)oc2c1. The van der Waals surface area contributed by atoms with E-state index in [0.29, 0.717) is 5.92 Å². The number of nitrogens with one attached hydrogen (secondary N) is 1. The minimum absolute atomic E-state index is 0.627. The van der Waals surface area contributed by atoms with Gasteiger partial charge in [-0.15, -0.1) is 0 Å². The molecule has 1 fully saturated rings. The van der Waals surface area contributed by atoms with Crippen molar-refractivity contribution in [2.75, 3.05) is 13.1 Å². The van der Waals surface area contributed by atoms with E-state index in [2.05, 4.69) is 36.3 Å². The van der Waals surface area contributed by atoms with Crippen molar-refractivity contribution in [3.8, 4) is 0 Å². The van der Waals surface area contributed by atoms with Crippen LogP contribution in [-0.4, -0.2) is 18.1 Å². The smallest absolute Gasteiger partial charge is 0.195 e. The first-order valence-corrected chi connectivity index (χ1v) is 7.29. The van der Waals surface area contributed by atoms with Crippen LogP contribution in [0.25, 0.3) is 11.1 Å². The van der Waals surface area contributed by atoms with Gasteiger partial charge in [0.05, 0.1) is 0 Å². The van der Waals surface area contributed by atoms with Crippen LogP contribution >= 0.6 is 0 Å². The van der Waals surface area contributed by atoms with Gasteiger partial charge in [0.2, 0.25) is 0 Å². The predicted octanol–water partition coefficient (Wildman–Crippen LogP) is 3.31. The minimum atomic E-state index is 0.627. The molecule has 0 aliphatic carbocycles. The molecule has 1 aliphatic heterocycles. The number of aryl methyl sites for hydroxylation is 1. The van der Waals surface area contributed by atoms with Gasteiger partial charge in [-0.1, -0.05) is 13.0 Å². The van der Waals surface area contributed by atoms with E-state index in [0.717, 1.165) is 35.9 Å². The number of fused-ring (bicyclic) bond motifs is 1. The van der Waals surface area contributed by atoms with Crippen LogP contribution in [0.15, 0.2) is 22.6 Å². The number of benzene rings is 1. The van der Waals surface area contributed by atoms with E-state index in [1.807, 2.05) is 6.07 Å². The fourth-order valence-corrected chi connectivity index (χ4v) is 2.97. The summed E-state index contributed by atoms with van der Waals surface area (Å²) in [6.45, 7) is 6.71. The molecule has 0 amide bonds. The first kappa shape index (κ1) is 12.7. The summed E-state index contributed by atoms with van der Waals surface area (Å²) in [5, 5.41) is 3.48. The van der Waals surface area contributed by atoms with Gasteiger partial charge in [0.25, 0.3) is 0 Å². The Morgan fingerprint density at radius 2 is 2.37 bits per heavy atom. The van der Waals surface area contributed by atoms with Gasteiger partial charge >= 0.3 is 0 Å². The number of aromatic nitrogens is 1. The van der Waals surface area contributed by atoms with E-state index < -0.39 is 0 Å². The fraction of sp³-hybridized carbons (Fsp3) is 0.562. The third-order valence-corrected chi connectivity index (χ3v) is 4.22. The molecule has 1 aromatic heterocycles. The molecular formula is C16H22N2O. The topological polar surface area (TPSA) is 38.1 Å². The molecule has 0 saturated carbocycles. The van der Waals surface area contributed by atoms with Crippen molar-refractivity contribution in [3.05, 3.63) is 29.7 Å². The second kappa shape index (κ2) is 5.33. The largest absolute Gasteiger partial charge is 0.441 e. The lowest BCUT2D eigenvalue weighted by molar-refractivity contribution is 0.267. The molecule has 1 N–H and O–H groups in total. The maximum Gasteiger partial charge on any atom is 0.195 e. The molecule has 2 heterocycles. The van der Waals surface area contributed by atoms with Crippen molar-refractivity contribution in [1.29, 1.82) is 0 Å². The zero-order valence-electron chi connectivity index (χ0n) is 11.8. The molecule has 0 radical (unpaired) electrons. The van der Waals surface area contributed by atoms with Gasteiger partial charge in [0.1, 0.15) is 5.52 Å². The molecule has 1 aliphatic rings. The number of hydrogen-bond donors (Lipinski definition) is 1. The summed E-state index contributed by atoms with van der Waals surface area (Å²) in [4.78, 5) is 4.60. The highest BCUT2D eigenvalue weighted by Crippen LogP contribution is 2.25. The van der Waals surface area contributed by atoms with E-state index in [1.54, 1.807) is 0 Å². The van der Waals surface area contributed by atoms with Crippen LogP contribution in [-0.2, 0) is 6.42 Å². The molecule has 2 aromatic rings. The van der Waals surface area contributed by atoms with E-state index >= 15 is 0 Å². The number of rotatable bonds is 3. The molecule has 1 saturated heterocycles. The van der Waals surface area contributed by atoms with Gasteiger partial charge < -0.3 is 9.73 Å². The molecule has 3 nitrogen and oxygen atoms in total. The molecular weight excluding hydrogens is 236 g/mol. The Bertz CT molecular complexity index is 555. The number of oxazole rings is 1. The summed E-state index contributed by atoms with van der Waals surface area (Å²) >= 11 is 0. The second-order valence-corrected chi connectivity index (χ2v) is 5.87. The van der Waals surface area contributed by atoms with Gasteiger partial charge in [-0.2, -0.15) is 0 Å². The Morgan fingerprint density at radius 3 is 3.16 bits per heavy atom. The molecule has 1 aromatic carbocycles. The molecule has 0 bridgehead atoms. The quantitative estimate of drug-likeness (QED) is 0.917. The van der Waals surface area contributed by atoms with Crippen LogP contribution in [0.2, 0.25) is 0 Å². The van der Waals surface area contributed by atoms with Crippen molar-refractivity contribution in [2.45, 2.75) is 33.1 Å². The lowest BCUT2D eigenvalue weighted by Crippen LogP contribution is -2.33. The number of nitrogens with zero attached hydrogens (tertiary/aromatic N) is 1.